The van der Waals surface area contributed by atoms with E-state index >= 15 is 0 Å². The topological polar surface area (TPSA) is 82.6 Å². The number of carboxylic acids is 1. The van der Waals surface area contributed by atoms with Crippen LogP contribution in [0.5, 0.6) is 5.75 Å². The Morgan fingerprint density at radius 1 is 1.31 bits per heavy atom. The van der Waals surface area contributed by atoms with Gasteiger partial charge in [0.15, 0.2) is 0 Å². The number of carbonyl (C=O) groups excluding carboxylic acids is 1. The van der Waals surface area contributed by atoms with Crippen LogP contribution in [-0.2, 0) is 16.0 Å². The summed E-state index contributed by atoms with van der Waals surface area (Å²) in [5.74, 6) is -0.687. The number of benzene rings is 1. The van der Waals surface area contributed by atoms with Gasteiger partial charge in [-0.25, -0.2) is 0 Å². The summed E-state index contributed by atoms with van der Waals surface area (Å²) < 4.78 is 5.34. The highest BCUT2D eigenvalue weighted by Gasteiger charge is 2.09. The number of aliphatic carboxylic acids is 1. The first kappa shape index (κ1) is 19.7. The number of aromatic nitrogens is 1. The molecule has 0 aliphatic carbocycles. The lowest BCUT2D eigenvalue weighted by atomic mass is 10.1. The van der Waals surface area contributed by atoms with Crippen LogP contribution in [0.4, 0.5) is 0 Å². The highest BCUT2D eigenvalue weighted by atomic mass is 16.5. The number of H-pyrrole nitrogens is 1. The average molecular weight is 358 g/mol. The summed E-state index contributed by atoms with van der Waals surface area (Å²) in [6, 6.07) is 5.57. The van der Waals surface area contributed by atoms with Gasteiger partial charge in [0.2, 0.25) is 0 Å². The van der Waals surface area contributed by atoms with E-state index in [0.717, 1.165) is 30.4 Å². The lowest BCUT2D eigenvalue weighted by molar-refractivity contribution is -0.138. The number of hydrogen-bond donors (Lipinski definition) is 2. The van der Waals surface area contributed by atoms with Crippen molar-refractivity contribution in [3.8, 4) is 5.75 Å². The molecule has 0 spiro atoms. The normalized spacial score (nSPS) is 11.0. The Hall–Kier alpha value is -2.60. The molecule has 0 saturated heterocycles. The maximum absolute atomic E-state index is 11.8. The van der Waals surface area contributed by atoms with Gasteiger partial charge in [0.05, 0.1) is 0 Å². The molecule has 1 heterocycles. The van der Waals surface area contributed by atoms with E-state index in [9.17, 15) is 9.59 Å². The van der Waals surface area contributed by atoms with E-state index in [1.54, 1.807) is 6.07 Å². The van der Waals surface area contributed by atoms with Crippen molar-refractivity contribution < 1.29 is 19.4 Å². The molecule has 0 radical (unpaired) electrons. The first-order valence-corrected chi connectivity index (χ1v) is 8.81. The molecule has 26 heavy (non-hydrogen) atoms. The first-order valence-electron chi connectivity index (χ1n) is 8.81. The lowest BCUT2D eigenvalue weighted by Gasteiger charge is -2.13. The van der Waals surface area contributed by atoms with Crippen molar-refractivity contribution in [1.82, 2.24) is 9.88 Å². The number of fused-ring (bicyclic) bond motifs is 1. The highest BCUT2D eigenvalue weighted by Crippen LogP contribution is 2.24. The number of ether oxygens (including phenoxy) is 1. The van der Waals surface area contributed by atoms with Crippen molar-refractivity contribution in [2.45, 2.75) is 32.1 Å². The Morgan fingerprint density at radius 2 is 2.08 bits per heavy atom. The molecule has 0 aliphatic rings. The van der Waals surface area contributed by atoms with Crippen molar-refractivity contribution in [2.75, 3.05) is 20.1 Å². The van der Waals surface area contributed by atoms with Gasteiger partial charge in [-0.2, -0.15) is 0 Å². The van der Waals surface area contributed by atoms with Gasteiger partial charge >= 0.3 is 11.9 Å². The molecule has 0 aliphatic heterocycles. The molecule has 0 unspecified atom stereocenters. The van der Waals surface area contributed by atoms with E-state index in [-0.39, 0.29) is 18.8 Å². The molecule has 1 aromatic carbocycles. The summed E-state index contributed by atoms with van der Waals surface area (Å²) >= 11 is 0. The Kier molecular flexibility index (Phi) is 7.41. The quantitative estimate of drug-likeness (QED) is 0.278. The van der Waals surface area contributed by atoms with Gasteiger partial charge in [0.25, 0.3) is 0 Å². The predicted molar refractivity (Wildman–Crippen MR) is 101 cm³/mol. The largest absolute Gasteiger partial charge is 0.481 e. The molecule has 6 heteroatoms. The number of rotatable bonds is 11. The van der Waals surface area contributed by atoms with Crippen molar-refractivity contribution >= 4 is 22.8 Å². The Balaban J connectivity index is 1.90. The third-order valence-corrected chi connectivity index (χ3v) is 4.20. The molecular weight excluding hydrogens is 332 g/mol. The third kappa shape index (κ3) is 6.04. The number of aromatic amines is 1. The zero-order valence-corrected chi connectivity index (χ0v) is 15.2. The first-order chi connectivity index (χ1) is 12.5. The van der Waals surface area contributed by atoms with E-state index in [0.29, 0.717) is 18.6 Å². The number of nitrogens with zero attached hydrogens (tertiary/aromatic N) is 1. The molecule has 6 nitrogen and oxygen atoms in total. The number of unbranched alkanes of at least 4 members (excludes halogenated alkanes) is 1. The standard InChI is InChI=1S/C20H26N2O4/c1-3-11-22(2)12-10-15-14-21-18-13-16(8-9-17(15)18)26-20(25)7-5-4-6-19(23)24/h3,8-9,13-14,21H,1,4-7,10-12H2,2H3,(H,23,24). The summed E-state index contributed by atoms with van der Waals surface area (Å²) in [6.45, 7) is 5.54. The number of esters is 1. The van der Waals surface area contributed by atoms with Gasteiger partial charge in [-0.05, 0) is 44.0 Å². The van der Waals surface area contributed by atoms with Crippen LogP contribution in [0.15, 0.2) is 37.1 Å². The highest BCUT2D eigenvalue weighted by molar-refractivity contribution is 5.85. The minimum atomic E-state index is -0.845. The second-order valence-corrected chi connectivity index (χ2v) is 6.40. The van der Waals surface area contributed by atoms with Crippen LogP contribution >= 0.6 is 0 Å². The molecule has 2 rings (SSSR count). The lowest BCUT2D eigenvalue weighted by Crippen LogP contribution is -2.20. The van der Waals surface area contributed by atoms with E-state index in [1.807, 2.05) is 24.4 Å². The van der Waals surface area contributed by atoms with Crippen molar-refractivity contribution in [2.24, 2.45) is 0 Å². The summed E-state index contributed by atoms with van der Waals surface area (Å²) in [5, 5.41) is 9.71. The maximum atomic E-state index is 11.8. The van der Waals surface area contributed by atoms with E-state index in [1.165, 1.54) is 5.56 Å². The number of likely N-dealkylation sites (N-methyl/N-ethyl adjacent to an activating group) is 1. The van der Waals surface area contributed by atoms with Gasteiger partial charge in [0.1, 0.15) is 5.75 Å². The molecule has 2 N–H and O–H groups in total. The molecule has 140 valence electrons. The predicted octanol–water partition coefficient (Wildman–Crippen LogP) is 3.38. The molecule has 1 aromatic heterocycles. The fourth-order valence-electron chi connectivity index (χ4n) is 2.79. The van der Waals surface area contributed by atoms with E-state index in [4.69, 9.17) is 9.84 Å². The van der Waals surface area contributed by atoms with Crippen molar-refractivity contribution in [1.29, 1.82) is 0 Å². The molecule has 0 atom stereocenters. The van der Waals surface area contributed by atoms with Crippen molar-refractivity contribution in [3.05, 3.63) is 42.6 Å². The Labute approximate surface area is 153 Å². The Bertz CT molecular complexity index is 766. The zero-order valence-electron chi connectivity index (χ0n) is 15.2. The van der Waals surface area contributed by atoms with E-state index < -0.39 is 5.97 Å². The third-order valence-electron chi connectivity index (χ3n) is 4.20. The number of carboxylic acid groups (broad SMARTS) is 1. The van der Waals surface area contributed by atoms with Gasteiger partial charge in [0, 0.05) is 49.1 Å². The number of carbonyl (C=O) groups is 2. The SMILES string of the molecule is C=CCN(C)CCc1c[nH]c2cc(OC(=O)CCCCC(=O)O)ccc12. The summed E-state index contributed by atoms with van der Waals surface area (Å²) in [4.78, 5) is 27.7. The van der Waals surface area contributed by atoms with Gasteiger partial charge in [-0.15, -0.1) is 6.58 Å². The molecular formula is C20H26N2O4. The van der Waals surface area contributed by atoms with Crippen LogP contribution in [0, 0.1) is 0 Å². The minimum Gasteiger partial charge on any atom is -0.481 e. The fourth-order valence-corrected chi connectivity index (χ4v) is 2.79. The monoisotopic (exact) mass is 358 g/mol. The van der Waals surface area contributed by atoms with Crippen LogP contribution in [0.25, 0.3) is 10.9 Å². The van der Waals surface area contributed by atoms with Crippen LogP contribution in [0.2, 0.25) is 0 Å². The van der Waals surface area contributed by atoms with Gasteiger partial charge < -0.3 is 19.7 Å². The van der Waals surface area contributed by atoms with E-state index in [2.05, 4.69) is 23.5 Å². The van der Waals surface area contributed by atoms with Crippen LogP contribution in [0.3, 0.4) is 0 Å². The maximum Gasteiger partial charge on any atom is 0.311 e. The number of nitrogens with one attached hydrogen (secondary N) is 1. The average Bonchev–Trinajstić information content (AvgIpc) is 2.99. The molecule has 0 fully saturated rings. The second-order valence-electron chi connectivity index (χ2n) is 6.40. The fraction of sp³-hybridized carbons (Fsp3) is 0.400. The number of hydrogen-bond acceptors (Lipinski definition) is 4. The molecule has 0 saturated carbocycles. The minimum absolute atomic E-state index is 0.0759. The smallest absolute Gasteiger partial charge is 0.311 e. The van der Waals surface area contributed by atoms with Gasteiger partial charge in [-0.1, -0.05) is 6.08 Å². The Morgan fingerprint density at radius 3 is 2.81 bits per heavy atom. The summed E-state index contributed by atoms with van der Waals surface area (Å²) in [6.07, 6.45) is 6.08. The second kappa shape index (κ2) is 9.77. The van der Waals surface area contributed by atoms with Crippen LogP contribution in [0.1, 0.15) is 31.2 Å². The zero-order chi connectivity index (χ0) is 18.9. The van der Waals surface area contributed by atoms with Crippen LogP contribution in [-0.4, -0.2) is 47.1 Å². The summed E-state index contributed by atoms with van der Waals surface area (Å²) in [5.41, 5.74) is 2.16. The van der Waals surface area contributed by atoms with Crippen LogP contribution < -0.4 is 4.74 Å². The van der Waals surface area contributed by atoms with Crippen molar-refractivity contribution in [3.63, 3.8) is 0 Å². The summed E-state index contributed by atoms with van der Waals surface area (Å²) in [7, 11) is 2.06. The molecule has 0 bridgehead atoms. The van der Waals surface area contributed by atoms with Gasteiger partial charge in [-0.3, -0.25) is 9.59 Å². The molecule has 2 aromatic rings. The molecule has 0 amide bonds.